The molecule has 0 radical (unpaired) electrons. The Kier molecular flexibility index (Phi) is 2.23. The van der Waals surface area contributed by atoms with Gasteiger partial charge in [-0.2, -0.15) is 0 Å². The van der Waals surface area contributed by atoms with Gasteiger partial charge in [0, 0.05) is 12.1 Å². The number of piperidine rings is 1. The van der Waals surface area contributed by atoms with Crippen LogP contribution in [0.5, 0.6) is 0 Å². The highest BCUT2D eigenvalue weighted by Gasteiger charge is 2.44. The van der Waals surface area contributed by atoms with Crippen molar-refractivity contribution in [3.05, 3.63) is 0 Å². The van der Waals surface area contributed by atoms with Crippen LogP contribution in [0.1, 0.15) is 25.7 Å². The number of aliphatic hydroxyl groups excluding tert-OH is 1. The Morgan fingerprint density at radius 2 is 2.00 bits per heavy atom. The minimum Gasteiger partial charge on any atom is -0.392 e. The lowest BCUT2D eigenvalue weighted by atomic mass is 10.0. The molecule has 2 N–H and O–H groups in total. The highest BCUT2D eigenvalue weighted by Crippen LogP contribution is 2.41. The van der Waals surface area contributed by atoms with E-state index < -0.39 is 0 Å². The molecule has 0 aromatic rings. The summed E-state index contributed by atoms with van der Waals surface area (Å²) in [4.78, 5) is 0. The maximum Gasteiger partial charge on any atom is 0.0665 e. The number of hydrogen-bond donors (Lipinski definition) is 2. The summed E-state index contributed by atoms with van der Waals surface area (Å²) >= 11 is 0. The summed E-state index contributed by atoms with van der Waals surface area (Å²) in [6, 6.07) is 0. The van der Waals surface area contributed by atoms with Crippen molar-refractivity contribution in [3.63, 3.8) is 0 Å². The van der Waals surface area contributed by atoms with Crippen LogP contribution in [0.3, 0.4) is 0 Å². The van der Waals surface area contributed by atoms with E-state index in [0.717, 1.165) is 13.0 Å². The van der Waals surface area contributed by atoms with E-state index in [1.165, 1.54) is 19.3 Å². The molecule has 2 aliphatic rings. The van der Waals surface area contributed by atoms with Crippen molar-refractivity contribution in [2.45, 2.75) is 37.3 Å². The fourth-order valence-corrected chi connectivity index (χ4v) is 1.55. The average molecular weight is 164 g/mol. The van der Waals surface area contributed by atoms with E-state index in [2.05, 4.69) is 5.32 Å². The van der Waals surface area contributed by atoms with Crippen LogP contribution >= 0.6 is 12.4 Å². The van der Waals surface area contributed by atoms with Crippen molar-refractivity contribution >= 4 is 12.4 Å². The van der Waals surface area contributed by atoms with Crippen LogP contribution < -0.4 is 5.32 Å². The van der Waals surface area contributed by atoms with Crippen LogP contribution in [0, 0.1) is 0 Å². The Balaban J connectivity index is 0.000000500. The lowest BCUT2D eigenvalue weighted by Crippen LogP contribution is -2.43. The summed E-state index contributed by atoms with van der Waals surface area (Å²) in [5, 5.41) is 12.5. The molecule has 1 aliphatic heterocycles. The van der Waals surface area contributed by atoms with Gasteiger partial charge in [0.1, 0.15) is 0 Å². The summed E-state index contributed by atoms with van der Waals surface area (Å²) in [5.74, 6) is 0. The monoisotopic (exact) mass is 163 g/mol. The average Bonchev–Trinajstić information content (AvgIpc) is 2.60. The van der Waals surface area contributed by atoms with Crippen LogP contribution in [-0.4, -0.2) is 23.3 Å². The molecule has 3 heteroatoms. The Morgan fingerprint density at radius 1 is 1.30 bits per heavy atom. The van der Waals surface area contributed by atoms with Gasteiger partial charge in [-0.05, 0) is 25.7 Å². The predicted molar refractivity (Wildman–Crippen MR) is 42.5 cm³/mol. The summed E-state index contributed by atoms with van der Waals surface area (Å²) < 4.78 is 0. The smallest absolute Gasteiger partial charge is 0.0665 e. The van der Waals surface area contributed by atoms with Crippen LogP contribution in [0.4, 0.5) is 0 Å². The third-order valence-corrected chi connectivity index (χ3v) is 2.52. The third kappa shape index (κ3) is 1.44. The van der Waals surface area contributed by atoms with Gasteiger partial charge in [0.15, 0.2) is 0 Å². The fourth-order valence-electron chi connectivity index (χ4n) is 1.55. The lowest BCUT2D eigenvalue weighted by Gasteiger charge is -2.26. The molecule has 1 aliphatic carbocycles. The Morgan fingerprint density at radius 3 is 2.40 bits per heavy atom. The minimum atomic E-state index is -0.0729. The molecule has 2 nitrogen and oxygen atoms in total. The molecule has 1 saturated carbocycles. The van der Waals surface area contributed by atoms with Gasteiger partial charge >= 0.3 is 0 Å². The van der Waals surface area contributed by atoms with E-state index in [1.807, 2.05) is 0 Å². The zero-order chi connectivity index (χ0) is 6.32. The Hall–Kier alpha value is 0.210. The van der Waals surface area contributed by atoms with E-state index in [4.69, 9.17) is 5.11 Å². The van der Waals surface area contributed by atoms with Gasteiger partial charge in [0.05, 0.1) is 6.10 Å². The molecule has 0 bridgehead atoms. The maximum absolute atomic E-state index is 9.11. The van der Waals surface area contributed by atoms with Crippen molar-refractivity contribution < 1.29 is 5.11 Å². The molecule has 1 unspecified atom stereocenters. The molecular formula is C7H14ClNO. The quantitative estimate of drug-likeness (QED) is 0.551. The van der Waals surface area contributed by atoms with Gasteiger partial charge in [-0.1, -0.05) is 0 Å². The number of β-amino-alcohol motifs (C(OH)–C–C–N with tert-alkyl or cyclic N) is 1. The van der Waals surface area contributed by atoms with Crippen LogP contribution in [0.2, 0.25) is 0 Å². The predicted octanol–water partition coefficient (Wildman–Crippen LogP) is 0.685. The number of hydrogen-bond acceptors (Lipinski definition) is 2. The van der Waals surface area contributed by atoms with E-state index in [1.54, 1.807) is 0 Å². The fraction of sp³-hybridized carbons (Fsp3) is 1.00. The number of rotatable bonds is 0. The molecule has 1 heterocycles. The van der Waals surface area contributed by atoms with E-state index in [-0.39, 0.29) is 18.5 Å². The molecular weight excluding hydrogens is 150 g/mol. The van der Waals surface area contributed by atoms with E-state index >= 15 is 0 Å². The van der Waals surface area contributed by atoms with Gasteiger partial charge in [-0.3, -0.25) is 0 Å². The van der Waals surface area contributed by atoms with E-state index in [9.17, 15) is 0 Å². The molecule has 0 aromatic heterocycles. The normalized spacial score (nSPS) is 35.1. The minimum absolute atomic E-state index is 0. The maximum atomic E-state index is 9.11. The second kappa shape index (κ2) is 2.68. The second-order valence-corrected chi connectivity index (χ2v) is 3.35. The van der Waals surface area contributed by atoms with Crippen molar-refractivity contribution in [1.82, 2.24) is 5.32 Å². The molecule has 1 atom stereocenters. The van der Waals surface area contributed by atoms with Crippen molar-refractivity contribution in [3.8, 4) is 0 Å². The summed E-state index contributed by atoms with van der Waals surface area (Å²) in [6.07, 6.45) is 4.79. The molecule has 60 valence electrons. The largest absolute Gasteiger partial charge is 0.392 e. The molecule has 0 aromatic carbocycles. The molecule has 10 heavy (non-hydrogen) atoms. The first-order valence-corrected chi connectivity index (χ1v) is 3.74. The first-order chi connectivity index (χ1) is 4.31. The zero-order valence-electron chi connectivity index (χ0n) is 5.97. The van der Waals surface area contributed by atoms with Gasteiger partial charge in [0.25, 0.3) is 0 Å². The first-order valence-electron chi connectivity index (χ1n) is 3.74. The molecule has 2 fully saturated rings. The van der Waals surface area contributed by atoms with Crippen LogP contribution in [-0.2, 0) is 0 Å². The second-order valence-electron chi connectivity index (χ2n) is 3.35. The van der Waals surface area contributed by atoms with Crippen LogP contribution in [0.15, 0.2) is 0 Å². The van der Waals surface area contributed by atoms with Crippen molar-refractivity contribution in [2.75, 3.05) is 6.54 Å². The van der Waals surface area contributed by atoms with Crippen molar-refractivity contribution in [2.24, 2.45) is 0 Å². The van der Waals surface area contributed by atoms with Gasteiger partial charge in [0.2, 0.25) is 0 Å². The Bertz CT molecular complexity index is 115. The molecule has 0 amide bonds. The first kappa shape index (κ1) is 8.31. The summed E-state index contributed by atoms with van der Waals surface area (Å²) in [5.41, 5.74) is 0.499. The van der Waals surface area contributed by atoms with Gasteiger partial charge in [-0.15, -0.1) is 12.4 Å². The van der Waals surface area contributed by atoms with Gasteiger partial charge < -0.3 is 10.4 Å². The highest BCUT2D eigenvalue weighted by molar-refractivity contribution is 5.85. The molecule has 1 saturated heterocycles. The number of halogens is 1. The highest BCUT2D eigenvalue weighted by atomic mass is 35.5. The standard InChI is InChI=1S/C7H13NO.ClH/c9-6-1-2-7(3-4-7)8-5-6;/h6,8-9H,1-5H2;1H. The summed E-state index contributed by atoms with van der Waals surface area (Å²) in [7, 11) is 0. The lowest BCUT2D eigenvalue weighted by molar-refractivity contribution is 0.121. The zero-order valence-corrected chi connectivity index (χ0v) is 6.78. The van der Waals surface area contributed by atoms with Crippen LogP contribution in [0.25, 0.3) is 0 Å². The summed E-state index contributed by atoms with van der Waals surface area (Å²) in [6.45, 7) is 0.819. The number of nitrogens with one attached hydrogen (secondary N) is 1. The topological polar surface area (TPSA) is 32.3 Å². The SMILES string of the molecule is Cl.OC1CCC2(CC2)NC1. The van der Waals surface area contributed by atoms with Crippen molar-refractivity contribution in [1.29, 1.82) is 0 Å². The van der Waals surface area contributed by atoms with E-state index in [0.29, 0.717) is 5.54 Å². The molecule has 2 rings (SSSR count). The van der Waals surface area contributed by atoms with Gasteiger partial charge in [-0.25, -0.2) is 0 Å². The number of aliphatic hydroxyl groups is 1. The Labute approximate surface area is 67.4 Å². The molecule has 1 spiro atoms. The third-order valence-electron chi connectivity index (χ3n) is 2.52.